The SMILES string of the molecule is C=CC(=O)N1CCc2ccc(NC3CC4C(C3)C4(F)F)cc2C1. The van der Waals surface area contributed by atoms with Crippen LogP contribution in [-0.4, -0.2) is 29.3 Å². The summed E-state index contributed by atoms with van der Waals surface area (Å²) in [7, 11) is 0. The molecule has 2 unspecified atom stereocenters. The van der Waals surface area contributed by atoms with Crippen LogP contribution < -0.4 is 5.32 Å². The molecule has 2 fully saturated rings. The lowest BCUT2D eigenvalue weighted by Gasteiger charge is -2.29. The van der Waals surface area contributed by atoms with Crippen LogP contribution in [0.1, 0.15) is 24.0 Å². The van der Waals surface area contributed by atoms with Crippen molar-refractivity contribution in [1.29, 1.82) is 0 Å². The largest absolute Gasteiger partial charge is 0.382 e. The average Bonchev–Trinajstić information content (AvgIpc) is 2.90. The highest BCUT2D eigenvalue weighted by Crippen LogP contribution is 2.64. The Morgan fingerprint density at radius 3 is 2.74 bits per heavy atom. The summed E-state index contributed by atoms with van der Waals surface area (Å²) in [5.74, 6) is -3.30. The molecular formula is C18H20F2N2O. The van der Waals surface area contributed by atoms with Crippen LogP contribution in [0.3, 0.4) is 0 Å². The molecular weight excluding hydrogens is 298 g/mol. The topological polar surface area (TPSA) is 32.3 Å². The predicted octanol–water partition coefficient (Wildman–Crippen LogP) is 3.21. The van der Waals surface area contributed by atoms with Crippen LogP contribution >= 0.6 is 0 Å². The normalized spacial score (nSPS) is 30.3. The molecule has 3 aliphatic rings. The maximum absolute atomic E-state index is 13.3. The fourth-order valence-corrected chi connectivity index (χ4v) is 4.13. The standard InChI is InChI=1S/C18H20F2N2O/c1-2-17(23)22-6-5-11-3-4-13(7-12(11)10-22)21-14-8-15-16(9-14)18(15,19)20/h2-4,7,14-16,21H,1,5-6,8-10H2. The molecule has 5 heteroatoms. The average molecular weight is 318 g/mol. The van der Waals surface area contributed by atoms with E-state index in [2.05, 4.69) is 24.0 Å². The zero-order valence-electron chi connectivity index (χ0n) is 12.9. The lowest BCUT2D eigenvalue weighted by molar-refractivity contribution is -0.126. The Kier molecular flexibility index (Phi) is 3.22. The van der Waals surface area contributed by atoms with Gasteiger partial charge in [-0.1, -0.05) is 12.6 Å². The number of nitrogens with one attached hydrogen (secondary N) is 1. The van der Waals surface area contributed by atoms with Crippen molar-refractivity contribution in [2.45, 2.75) is 37.8 Å². The molecule has 23 heavy (non-hydrogen) atoms. The number of carbonyl (C=O) groups is 1. The summed E-state index contributed by atoms with van der Waals surface area (Å²) in [6.07, 6.45) is 3.29. The number of amides is 1. The first-order valence-corrected chi connectivity index (χ1v) is 8.16. The molecule has 1 N–H and O–H groups in total. The molecule has 122 valence electrons. The summed E-state index contributed by atoms with van der Waals surface area (Å²) in [4.78, 5) is 13.5. The van der Waals surface area contributed by atoms with Gasteiger partial charge in [-0.05, 0) is 48.6 Å². The molecule has 3 nitrogen and oxygen atoms in total. The molecule has 0 radical (unpaired) electrons. The number of hydrogen-bond donors (Lipinski definition) is 1. The molecule has 0 bridgehead atoms. The first kappa shape index (κ1) is 14.7. The van der Waals surface area contributed by atoms with Crippen LogP contribution in [0.4, 0.5) is 14.5 Å². The molecule has 2 atom stereocenters. The van der Waals surface area contributed by atoms with Crippen molar-refractivity contribution < 1.29 is 13.6 Å². The van der Waals surface area contributed by atoms with Crippen molar-refractivity contribution in [2.75, 3.05) is 11.9 Å². The molecule has 1 aromatic carbocycles. The summed E-state index contributed by atoms with van der Waals surface area (Å²) in [5, 5.41) is 3.39. The quantitative estimate of drug-likeness (QED) is 0.868. The molecule has 1 aliphatic heterocycles. The fourth-order valence-electron chi connectivity index (χ4n) is 4.13. The van der Waals surface area contributed by atoms with Crippen LogP contribution in [0.25, 0.3) is 0 Å². The van der Waals surface area contributed by atoms with Crippen molar-refractivity contribution in [1.82, 2.24) is 4.90 Å². The minimum Gasteiger partial charge on any atom is -0.382 e. The number of benzene rings is 1. The van der Waals surface area contributed by atoms with E-state index in [1.807, 2.05) is 6.07 Å². The third-order valence-corrected chi connectivity index (χ3v) is 5.52. The van der Waals surface area contributed by atoms with E-state index < -0.39 is 17.8 Å². The summed E-state index contributed by atoms with van der Waals surface area (Å²) < 4.78 is 26.5. The molecule has 2 aliphatic carbocycles. The van der Waals surface area contributed by atoms with Crippen LogP contribution in [0.2, 0.25) is 0 Å². The number of nitrogens with zero attached hydrogens (tertiary/aromatic N) is 1. The zero-order valence-corrected chi connectivity index (χ0v) is 12.9. The zero-order chi connectivity index (χ0) is 16.2. The number of carbonyl (C=O) groups excluding carboxylic acids is 1. The third kappa shape index (κ3) is 2.42. The van der Waals surface area contributed by atoms with Crippen molar-refractivity contribution in [2.24, 2.45) is 11.8 Å². The van der Waals surface area contributed by atoms with E-state index in [1.165, 1.54) is 11.6 Å². The van der Waals surface area contributed by atoms with Crippen LogP contribution in [0.5, 0.6) is 0 Å². The Morgan fingerprint density at radius 2 is 2.04 bits per heavy atom. The molecule has 4 rings (SSSR count). The van der Waals surface area contributed by atoms with E-state index in [9.17, 15) is 13.6 Å². The Balaban J connectivity index is 1.44. The number of fused-ring (bicyclic) bond motifs is 2. The number of rotatable bonds is 3. The molecule has 0 spiro atoms. The van der Waals surface area contributed by atoms with E-state index in [0.29, 0.717) is 25.9 Å². The first-order chi connectivity index (χ1) is 11.0. The van der Waals surface area contributed by atoms with Gasteiger partial charge in [0.2, 0.25) is 5.91 Å². The highest BCUT2D eigenvalue weighted by atomic mass is 19.3. The summed E-state index contributed by atoms with van der Waals surface area (Å²) in [6.45, 7) is 4.84. The summed E-state index contributed by atoms with van der Waals surface area (Å²) in [5.41, 5.74) is 3.35. The van der Waals surface area contributed by atoms with E-state index in [1.54, 1.807) is 4.90 Å². The van der Waals surface area contributed by atoms with E-state index in [-0.39, 0.29) is 11.9 Å². The monoisotopic (exact) mass is 318 g/mol. The minimum atomic E-state index is -2.42. The Labute approximate surface area is 134 Å². The smallest absolute Gasteiger partial charge is 0.254 e. The molecule has 2 saturated carbocycles. The van der Waals surface area contributed by atoms with Crippen LogP contribution in [-0.2, 0) is 17.8 Å². The minimum absolute atomic E-state index is 0.0490. The Bertz CT molecular complexity index is 659. The van der Waals surface area contributed by atoms with Gasteiger partial charge in [-0.25, -0.2) is 8.78 Å². The van der Waals surface area contributed by atoms with E-state index >= 15 is 0 Å². The summed E-state index contributed by atoms with van der Waals surface area (Å²) in [6, 6.07) is 6.29. The predicted molar refractivity (Wildman–Crippen MR) is 84.3 cm³/mol. The van der Waals surface area contributed by atoms with Gasteiger partial charge in [0.1, 0.15) is 0 Å². The van der Waals surface area contributed by atoms with Gasteiger partial charge in [0.15, 0.2) is 0 Å². The van der Waals surface area contributed by atoms with Crippen molar-refractivity contribution in [3.8, 4) is 0 Å². The maximum atomic E-state index is 13.3. The Morgan fingerprint density at radius 1 is 1.30 bits per heavy atom. The van der Waals surface area contributed by atoms with Gasteiger partial charge in [-0.2, -0.15) is 0 Å². The second kappa shape index (κ2) is 5.05. The Hall–Kier alpha value is -1.91. The van der Waals surface area contributed by atoms with Gasteiger partial charge in [0.25, 0.3) is 5.92 Å². The van der Waals surface area contributed by atoms with Crippen LogP contribution in [0, 0.1) is 11.8 Å². The highest BCUT2D eigenvalue weighted by Gasteiger charge is 2.71. The molecule has 0 saturated heterocycles. The van der Waals surface area contributed by atoms with E-state index in [4.69, 9.17) is 0 Å². The van der Waals surface area contributed by atoms with Gasteiger partial charge >= 0.3 is 0 Å². The molecule has 1 aromatic rings. The lowest BCUT2D eigenvalue weighted by Crippen LogP contribution is -2.34. The van der Waals surface area contributed by atoms with E-state index in [0.717, 1.165) is 17.7 Å². The van der Waals surface area contributed by atoms with Crippen LogP contribution in [0.15, 0.2) is 30.9 Å². The van der Waals surface area contributed by atoms with Gasteiger partial charge < -0.3 is 10.2 Å². The summed E-state index contributed by atoms with van der Waals surface area (Å²) >= 11 is 0. The second-order valence-corrected chi connectivity index (χ2v) is 6.90. The highest BCUT2D eigenvalue weighted by molar-refractivity contribution is 5.87. The number of halogens is 2. The van der Waals surface area contributed by atoms with Gasteiger partial charge in [-0.15, -0.1) is 0 Å². The van der Waals surface area contributed by atoms with Crippen molar-refractivity contribution >= 4 is 11.6 Å². The number of alkyl halides is 2. The number of anilines is 1. The number of hydrogen-bond acceptors (Lipinski definition) is 2. The third-order valence-electron chi connectivity index (χ3n) is 5.52. The second-order valence-electron chi connectivity index (χ2n) is 6.90. The lowest BCUT2D eigenvalue weighted by atomic mass is 9.98. The molecule has 0 aromatic heterocycles. The fraction of sp³-hybridized carbons (Fsp3) is 0.500. The van der Waals surface area contributed by atoms with Gasteiger partial charge in [0, 0.05) is 36.7 Å². The molecule has 1 amide bonds. The van der Waals surface area contributed by atoms with Gasteiger partial charge in [0.05, 0.1) is 0 Å². The molecule has 1 heterocycles. The maximum Gasteiger partial charge on any atom is 0.254 e. The van der Waals surface area contributed by atoms with Crippen molar-refractivity contribution in [3.63, 3.8) is 0 Å². The van der Waals surface area contributed by atoms with Gasteiger partial charge in [-0.3, -0.25) is 4.79 Å². The first-order valence-electron chi connectivity index (χ1n) is 8.16. The van der Waals surface area contributed by atoms with Crippen molar-refractivity contribution in [3.05, 3.63) is 42.0 Å².